The summed E-state index contributed by atoms with van der Waals surface area (Å²) in [6.07, 6.45) is 7.20. The van der Waals surface area contributed by atoms with Crippen molar-refractivity contribution in [2.24, 2.45) is 0 Å². The third-order valence-corrected chi connectivity index (χ3v) is 3.21. The molecule has 0 saturated carbocycles. The van der Waals surface area contributed by atoms with E-state index in [2.05, 4.69) is 17.2 Å². The van der Waals surface area contributed by atoms with Gasteiger partial charge in [0, 0.05) is 17.3 Å². The van der Waals surface area contributed by atoms with Crippen LogP contribution in [0, 0.1) is 5.82 Å². The Morgan fingerprint density at radius 3 is 3.07 bits per heavy atom. The first-order valence-electron chi connectivity index (χ1n) is 5.63. The summed E-state index contributed by atoms with van der Waals surface area (Å²) in [4.78, 5) is 3.80. The van der Waals surface area contributed by atoms with Crippen molar-refractivity contribution < 1.29 is 4.39 Å². The zero-order valence-corrected chi connectivity index (χ0v) is 9.09. The van der Waals surface area contributed by atoms with Gasteiger partial charge in [-0.05, 0) is 31.9 Å². The average Bonchev–Trinajstić information content (AvgIpc) is 2.69. The summed E-state index contributed by atoms with van der Waals surface area (Å²) >= 11 is 0. The predicted molar refractivity (Wildman–Crippen MR) is 58.0 cm³/mol. The summed E-state index contributed by atoms with van der Waals surface area (Å²) in [7, 11) is 0. The van der Waals surface area contributed by atoms with E-state index in [-0.39, 0.29) is 11.4 Å². The van der Waals surface area contributed by atoms with Crippen LogP contribution in [0.4, 0.5) is 4.39 Å². The molecule has 1 fully saturated rings. The lowest BCUT2D eigenvalue weighted by molar-refractivity contribution is 0.340. The third kappa shape index (κ3) is 1.88. The van der Waals surface area contributed by atoms with Crippen molar-refractivity contribution in [2.45, 2.75) is 38.1 Å². The summed E-state index contributed by atoms with van der Waals surface area (Å²) in [5, 5.41) is 3.46. The van der Waals surface area contributed by atoms with E-state index < -0.39 is 0 Å². The lowest BCUT2D eigenvalue weighted by atomic mass is 9.84. The lowest BCUT2D eigenvalue weighted by Gasteiger charge is -2.30. The Hall–Kier alpha value is -0.960. The van der Waals surface area contributed by atoms with E-state index in [0.717, 1.165) is 37.8 Å². The van der Waals surface area contributed by atoms with Gasteiger partial charge in [0.25, 0.3) is 0 Å². The van der Waals surface area contributed by atoms with Gasteiger partial charge in [-0.25, -0.2) is 4.39 Å². The van der Waals surface area contributed by atoms with Gasteiger partial charge in [-0.1, -0.05) is 13.3 Å². The quantitative estimate of drug-likeness (QED) is 0.826. The molecule has 2 rings (SSSR count). The molecule has 0 aromatic carbocycles. The van der Waals surface area contributed by atoms with Crippen molar-refractivity contribution in [3.63, 3.8) is 0 Å². The van der Waals surface area contributed by atoms with Gasteiger partial charge >= 0.3 is 0 Å². The van der Waals surface area contributed by atoms with Crippen LogP contribution in [-0.2, 0) is 5.54 Å². The number of hydrogen-bond acceptors (Lipinski definition) is 2. The Labute approximate surface area is 89.9 Å². The van der Waals surface area contributed by atoms with Gasteiger partial charge in [-0.3, -0.25) is 4.98 Å². The number of nitrogens with one attached hydrogen (secondary N) is 1. The second kappa shape index (κ2) is 4.27. The van der Waals surface area contributed by atoms with Gasteiger partial charge in [0.1, 0.15) is 5.82 Å². The van der Waals surface area contributed by atoms with Crippen molar-refractivity contribution in [3.8, 4) is 0 Å². The maximum absolute atomic E-state index is 13.7. The van der Waals surface area contributed by atoms with Crippen molar-refractivity contribution >= 4 is 0 Å². The van der Waals surface area contributed by atoms with E-state index >= 15 is 0 Å². The molecule has 1 aromatic rings. The topological polar surface area (TPSA) is 24.9 Å². The summed E-state index contributed by atoms with van der Waals surface area (Å²) < 4.78 is 13.7. The highest BCUT2D eigenvalue weighted by Crippen LogP contribution is 2.36. The standard InChI is InChI=1S/C12H17FN2/c1-2-5-12(6-3-7-15-12)10-4-8-14-9-11(10)13/h4,8-9,15H,2-3,5-7H2,1H3. The molecular weight excluding hydrogens is 191 g/mol. The van der Waals surface area contributed by atoms with E-state index in [4.69, 9.17) is 0 Å². The van der Waals surface area contributed by atoms with Crippen LogP contribution < -0.4 is 5.32 Å². The van der Waals surface area contributed by atoms with E-state index in [1.54, 1.807) is 6.20 Å². The smallest absolute Gasteiger partial charge is 0.146 e. The first-order valence-corrected chi connectivity index (χ1v) is 5.63. The molecule has 2 nitrogen and oxygen atoms in total. The molecule has 0 radical (unpaired) electrons. The van der Waals surface area contributed by atoms with Crippen molar-refractivity contribution in [2.75, 3.05) is 6.54 Å². The molecule has 1 unspecified atom stereocenters. The van der Waals surface area contributed by atoms with Crippen LogP contribution in [0.2, 0.25) is 0 Å². The summed E-state index contributed by atoms with van der Waals surface area (Å²) in [5.74, 6) is -0.180. The van der Waals surface area contributed by atoms with E-state index in [1.165, 1.54) is 6.20 Å². The van der Waals surface area contributed by atoms with Crippen LogP contribution in [0.25, 0.3) is 0 Å². The Balaban J connectivity index is 2.36. The van der Waals surface area contributed by atoms with Crippen LogP contribution in [0.5, 0.6) is 0 Å². The van der Waals surface area contributed by atoms with E-state index in [0.29, 0.717) is 0 Å². The third-order valence-electron chi connectivity index (χ3n) is 3.21. The molecule has 3 heteroatoms. The fraction of sp³-hybridized carbons (Fsp3) is 0.583. The molecule has 82 valence electrons. The molecule has 1 aliphatic rings. The molecule has 0 amide bonds. The zero-order valence-electron chi connectivity index (χ0n) is 9.09. The maximum atomic E-state index is 13.7. The lowest BCUT2D eigenvalue weighted by Crippen LogP contribution is -2.37. The second-order valence-electron chi connectivity index (χ2n) is 4.22. The molecule has 1 aromatic heterocycles. The zero-order chi connectivity index (χ0) is 10.7. The maximum Gasteiger partial charge on any atom is 0.146 e. The normalized spacial score (nSPS) is 25.7. The van der Waals surface area contributed by atoms with Gasteiger partial charge in [0.15, 0.2) is 0 Å². The highest BCUT2D eigenvalue weighted by Gasteiger charge is 2.36. The number of nitrogens with zero attached hydrogens (tertiary/aromatic N) is 1. The Morgan fingerprint density at radius 2 is 2.47 bits per heavy atom. The van der Waals surface area contributed by atoms with Crippen molar-refractivity contribution in [1.29, 1.82) is 0 Å². The molecule has 0 bridgehead atoms. The number of aromatic nitrogens is 1. The fourth-order valence-corrected chi connectivity index (χ4v) is 2.57. The van der Waals surface area contributed by atoms with Gasteiger partial charge in [-0.2, -0.15) is 0 Å². The van der Waals surface area contributed by atoms with Crippen LogP contribution in [0.15, 0.2) is 18.5 Å². The highest BCUT2D eigenvalue weighted by atomic mass is 19.1. The highest BCUT2D eigenvalue weighted by molar-refractivity contribution is 5.25. The molecular formula is C12H17FN2. The van der Waals surface area contributed by atoms with Gasteiger partial charge in [0.05, 0.1) is 6.20 Å². The van der Waals surface area contributed by atoms with Crippen molar-refractivity contribution in [1.82, 2.24) is 10.3 Å². The molecule has 1 aliphatic heterocycles. The number of hydrogen-bond donors (Lipinski definition) is 1. The Morgan fingerprint density at radius 1 is 1.60 bits per heavy atom. The monoisotopic (exact) mass is 208 g/mol. The minimum Gasteiger partial charge on any atom is -0.307 e. The summed E-state index contributed by atoms with van der Waals surface area (Å²) in [6, 6.07) is 1.81. The SMILES string of the molecule is CCCC1(c2ccncc2F)CCCN1. The van der Waals surface area contributed by atoms with Crippen molar-refractivity contribution in [3.05, 3.63) is 29.8 Å². The summed E-state index contributed by atoms with van der Waals surface area (Å²) in [5.41, 5.74) is 0.652. The first kappa shape index (κ1) is 10.6. The van der Waals surface area contributed by atoms with Gasteiger partial charge < -0.3 is 5.32 Å². The van der Waals surface area contributed by atoms with Crippen LogP contribution in [0.3, 0.4) is 0 Å². The predicted octanol–water partition coefficient (Wildman–Crippen LogP) is 2.60. The molecule has 2 heterocycles. The van der Waals surface area contributed by atoms with Crippen LogP contribution in [-0.4, -0.2) is 11.5 Å². The molecule has 1 N–H and O–H groups in total. The summed E-state index contributed by atoms with van der Waals surface area (Å²) in [6.45, 7) is 3.13. The number of rotatable bonds is 3. The minimum absolute atomic E-state index is 0.137. The molecule has 1 saturated heterocycles. The number of pyridine rings is 1. The van der Waals surface area contributed by atoms with Crippen LogP contribution >= 0.6 is 0 Å². The molecule has 1 atom stereocenters. The average molecular weight is 208 g/mol. The first-order chi connectivity index (χ1) is 7.28. The van der Waals surface area contributed by atoms with E-state index in [9.17, 15) is 4.39 Å². The minimum atomic E-state index is -0.180. The van der Waals surface area contributed by atoms with E-state index in [1.807, 2.05) is 6.07 Å². The molecule has 0 aliphatic carbocycles. The van der Waals surface area contributed by atoms with Crippen LogP contribution in [0.1, 0.15) is 38.2 Å². The largest absolute Gasteiger partial charge is 0.307 e. The van der Waals surface area contributed by atoms with Gasteiger partial charge in [-0.15, -0.1) is 0 Å². The fourth-order valence-electron chi connectivity index (χ4n) is 2.57. The van der Waals surface area contributed by atoms with Gasteiger partial charge in [0.2, 0.25) is 0 Å². The Bertz CT molecular complexity index is 332. The second-order valence-corrected chi connectivity index (χ2v) is 4.22. The molecule has 0 spiro atoms. The Kier molecular flexibility index (Phi) is 3.00. The molecule has 15 heavy (non-hydrogen) atoms. The number of halogens is 1.